The van der Waals surface area contributed by atoms with Crippen molar-refractivity contribution in [3.05, 3.63) is 93.9 Å². The van der Waals surface area contributed by atoms with Crippen LogP contribution in [-0.4, -0.2) is 37.8 Å². The van der Waals surface area contributed by atoms with Gasteiger partial charge in [-0.1, -0.05) is 49.4 Å². The van der Waals surface area contributed by atoms with Gasteiger partial charge in [-0.15, -0.1) is 0 Å². The molecule has 0 radical (unpaired) electrons. The number of anilines is 1. The number of amides is 1. The van der Waals surface area contributed by atoms with Crippen molar-refractivity contribution in [3.8, 4) is 5.75 Å². The third-order valence-electron chi connectivity index (χ3n) is 7.92. The summed E-state index contributed by atoms with van der Waals surface area (Å²) in [6.45, 7) is 12.6. The highest BCUT2D eigenvalue weighted by atomic mass is 32.1. The van der Waals surface area contributed by atoms with Crippen molar-refractivity contribution in [2.24, 2.45) is 5.92 Å². The summed E-state index contributed by atoms with van der Waals surface area (Å²) in [5.41, 5.74) is 5.98. The fraction of sp³-hybridized carbons (Fsp3) is 0.294. The molecule has 3 aromatic heterocycles. The van der Waals surface area contributed by atoms with Gasteiger partial charge in [-0.05, 0) is 86.6 Å². The second-order valence-electron chi connectivity index (χ2n) is 11.6. The summed E-state index contributed by atoms with van der Waals surface area (Å²) in [6, 6.07) is 14.4. The highest BCUT2D eigenvalue weighted by molar-refractivity contribution is 7.22. The molecule has 9 heteroatoms. The molecule has 6 rings (SSSR count). The number of pyridine rings is 1. The zero-order valence-electron chi connectivity index (χ0n) is 25.1. The van der Waals surface area contributed by atoms with Gasteiger partial charge in [0.1, 0.15) is 17.1 Å². The minimum absolute atomic E-state index is 0.0272. The van der Waals surface area contributed by atoms with Gasteiger partial charge in [-0.2, -0.15) is 0 Å². The van der Waals surface area contributed by atoms with Crippen LogP contribution in [-0.2, 0) is 9.59 Å². The molecule has 1 atom stereocenters. The van der Waals surface area contributed by atoms with Crippen molar-refractivity contribution in [1.29, 1.82) is 0 Å². The molecule has 1 amide bonds. The summed E-state index contributed by atoms with van der Waals surface area (Å²) in [6.07, 6.45) is 2.75. The number of thiazole rings is 1. The lowest BCUT2D eigenvalue weighted by atomic mass is 9.96. The fourth-order valence-electron chi connectivity index (χ4n) is 5.67. The molecule has 43 heavy (non-hydrogen) atoms. The molecule has 0 bridgehead atoms. The Morgan fingerprint density at radius 3 is 2.56 bits per heavy atom. The Bertz CT molecular complexity index is 1950. The zero-order valence-corrected chi connectivity index (χ0v) is 26.0. The number of carbonyl (C=O) groups is 2. The number of nitrogens with zero attached hydrogens (tertiary/aromatic N) is 4. The minimum Gasteiger partial charge on any atom is -0.505 e. The standard InChI is InChI=1S/C34H34N4O4S/c1-18(2)12-14-42-24-11-7-10-23(17-24)29-26(30(39)28-22(6)37-13-8-9-20(4)32(37)35-28)31(40)33(41)38(29)34-36-27-21(5)15-19(3)16-25(27)43-34/h7-11,13,15-18,29,39H,12,14H2,1-6H3/b30-26+. The Balaban J connectivity index is 1.55. The van der Waals surface area contributed by atoms with Gasteiger partial charge < -0.3 is 14.2 Å². The van der Waals surface area contributed by atoms with Crippen LogP contribution in [0, 0.1) is 33.6 Å². The van der Waals surface area contributed by atoms with Crippen molar-refractivity contribution in [1.82, 2.24) is 14.4 Å². The Morgan fingerprint density at radius 2 is 1.81 bits per heavy atom. The first-order chi connectivity index (χ1) is 20.5. The number of rotatable bonds is 7. The van der Waals surface area contributed by atoms with Gasteiger partial charge in [-0.3, -0.25) is 14.5 Å². The number of imidazole rings is 1. The molecule has 1 aliphatic rings. The van der Waals surface area contributed by atoms with E-state index in [-0.39, 0.29) is 17.0 Å². The molecule has 1 unspecified atom stereocenters. The van der Waals surface area contributed by atoms with Crippen molar-refractivity contribution in [2.45, 2.75) is 54.0 Å². The van der Waals surface area contributed by atoms with Gasteiger partial charge >= 0.3 is 5.91 Å². The van der Waals surface area contributed by atoms with Gasteiger partial charge in [0.05, 0.1) is 34.1 Å². The minimum atomic E-state index is -0.930. The van der Waals surface area contributed by atoms with E-state index in [1.165, 1.54) is 16.2 Å². The second kappa shape index (κ2) is 11.0. The van der Waals surface area contributed by atoms with E-state index in [4.69, 9.17) is 14.7 Å². The number of Topliss-reactive ketones (excluding diaryl/α,β-unsaturated/α-hetero) is 1. The van der Waals surface area contributed by atoms with Crippen LogP contribution in [0.1, 0.15) is 60.0 Å². The SMILES string of the molecule is Cc1cc(C)c2nc(N3C(=O)C(=O)/C(=C(/O)c4nc5c(C)cccn5c4C)C3c3cccc(OCCC(C)C)c3)sc2c1. The maximum atomic E-state index is 13.9. The number of ketones is 1. The fourth-order valence-corrected chi connectivity index (χ4v) is 6.84. The molecule has 0 spiro atoms. The summed E-state index contributed by atoms with van der Waals surface area (Å²) < 4.78 is 8.84. The highest BCUT2D eigenvalue weighted by Crippen LogP contribution is 2.45. The second-order valence-corrected chi connectivity index (χ2v) is 12.6. The van der Waals surface area contributed by atoms with Crippen LogP contribution in [0.4, 0.5) is 5.13 Å². The van der Waals surface area contributed by atoms with E-state index >= 15 is 0 Å². The maximum absolute atomic E-state index is 13.9. The number of aliphatic hydroxyl groups excluding tert-OH is 1. The molecule has 220 valence electrons. The molecule has 2 aromatic carbocycles. The number of hydrogen-bond acceptors (Lipinski definition) is 7. The molecule has 0 aliphatic carbocycles. The zero-order chi connectivity index (χ0) is 30.6. The van der Waals surface area contributed by atoms with E-state index in [1.807, 2.05) is 86.8 Å². The van der Waals surface area contributed by atoms with Gasteiger partial charge in [0.25, 0.3) is 5.78 Å². The van der Waals surface area contributed by atoms with Gasteiger partial charge in [-0.25, -0.2) is 9.97 Å². The van der Waals surface area contributed by atoms with Crippen molar-refractivity contribution in [3.63, 3.8) is 0 Å². The third kappa shape index (κ3) is 4.97. The van der Waals surface area contributed by atoms with Crippen molar-refractivity contribution >= 4 is 49.8 Å². The largest absolute Gasteiger partial charge is 0.505 e. The molecule has 5 aromatic rings. The van der Waals surface area contributed by atoms with Crippen molar-refractivity contribution in [2.75, 3.05) is 11.5 Å². The van der Waals surface area contributed by atoms with Crippen LogP contribution >= 0.6 is 11.3 Å². The molecule has 1 fully saturated rings. The summed E-state index contributed by atoms with van der Waals surface area (Å²) in [5, 5.41) is 12.2. The quantitative estimate of drug-likeness (QED) is 0.121. The average Bonchev–Trinajstić information content (AvgIpc) is 3.61. The lowest BCUT2D eigenvalue weighted by Gasteiger charge is -2.23. The van der Waals surface area contributed by atoms with E-state index in [2.05, 4.69) is 13.8 Å². The van der Waals surface area contributed by atoms with Crippen LogP contribution in [0.2, 0.25) is 0 Å². The van der Waals surface area contributed by atoms with E-state index in [0.717, 1.165) is 33.3 Å². The van der Waals surface area contributed by atoms with Crippen LogP contribution in [0.3, 0.4) is 0 Å². The molecule has 0 saturated carbocycles. The van der Waals surface area contributed by atoms with Crippen molar-refractivity contribution < 1.29 is 19.4 Å². The Kier molecular flexibility index (Phi) is 7.30. The Hall–Kier alpha value is -4.50. The Labute approximate surface area is 254 Å². The number of carbonyl (C=O) groups excluding carboxylic acids is 2. The first kappa shape index (κ1) is 28.6. The van der Waals surface area contributed by atoms with E-state index in [1.54, 1.807) is 0 Å². The molecule has 1 N–H and O–H groups in total. The van der Waals surface area contributed by atoms with E-state index < -0.39 is 17.7 Å². The molecular formula is C34H34N4O4S. The highest BCUT2D eigenvalue weighted by Gasteiger charge is 2.48. The average molecular weight is 595 g/mol. The third-order valence-corrected chi connectivity index (χ3v) is 8.92. The number of fused-ring (bicyclic) bond motifs is 2. The molecular weight excluding hydrogens is 560 g/mol. The van der Waals surface area contributed by atoms with E-state index in [9.17, 15) is 14.7 Å². The first-order valence-electron chi connectivity index (χ1n) is 14.4. The smallest absolute Gasteiger partial charge is 0.301 e. The monoisotopic (exact) mass is 594 g/mol. The Morgan fingerprint density at radius 1 is 1.02 bits per heavy atom. The predicted octanol–water partition coefficient (Wildman–Crippen LogP) is 7.23. The predicted molar refractivity (Wildman–Crippen MR) is 170 cm³/mol. The number of benzene rings is 2. The lowest BCUT2D eigenvalue weighted by Crippen LogP contribution is -2.29. The van der Waals surface area contributed by atoms with Crippen LogP contribution in [0.5, 0.6) is 5.75 Å². The van der Waals surface area contributed by atoms with Gasteiger partial charge in [0.15, 0.2) is 10.9 Å². The van der Waals surface area contributed by atoms with Crippen LogP contribution < -0.4 is 9.64 Å². The molecule has 1 aliphatic heterocycles. The lowest BCUT2D eigenvalue weighted by molar-refractivity contribution is -0.132. The number of hydrogen-bond donors (Lipinski definition) is 1. The summed E-state index contributed by atoms with van der Waals surface area (Å²) in [4.78, 5) is 38.7. The number of ether oxygens (including phenoxy) is 1. The van der Waals surface area contributed by atoms with Gasteiger partial charge in [0, 0.05) is 6.20 Å². The number of aromatic nitrogens is 3. The van der Waals surface area contributed by atoms with Gasteiger partial charge in [0.2, 0.25) is 0 Å². The van der Waals surface area contributed by atoms with E-state index in [0.29, 0.717) is 40.3 Å². The summed E-state index contributed by atoms with van der Waals surface area (Å²) in [5.74, 6) is -0.735. The van der Waals surface area contributed by atoms with Crippen LogP contribution in [0.25, 0.3) is 21.6 Å². The summed E-state index contributed by atoms with van der Waals surface area (Å²) >= 11 is 1.35. The molecule has 1 saturated heterocycles. The first-order valence-corrected chi connectivity index (χ1v) is 15.2. The number of aliphatic hydroxyl groups is 1. The molecule has 4 heterocycles. The molecule has 8 nitrogen and oxygen atoms in total. The van der Waals surface area contributed by atoms with Crippen LogP contribution in [0.15, 0.2) is 60.3 Å². The normalized spacial score (nSPS) is 16.7. The topological polar surface area (TPSA) is 97.0 Å². The summed E-state index contributed by atoms with van der Waals surface area (Å²) in [7, 11) is 0. The number of aryl methyl sites for hydroxylation is 4. The maximum Gasteiger partial charge on any atom is 0.301 e.